The molecule has 1 heterocycles. The van der Waals surface area contributed by atoms with Crippen LogP contribution in [0.25, 0.3) is 5.69 Å². The molecule has 31 heavy (non-hydrogen) atoms. The summed E-state index contributed by atoms with van der Waals surface area (Å²) in [6, 6.07) is 2.04. The second-order valence-electron chi connectivity index (χ2n) is 7.21. The van der Waals surface area contributed by atoms with Crippen molar-refractivity contribution in [1.29, 1.82) is 0 Å². The summed E-state index contributed by atoms with van der Waals surface area (Å²) in [5.41, 5.74) is -5.10. The van der Waals surface area contributed by atoms with Gasteiger partial charge in [0.15, 0.2) is 0 Å². The van der Waals surface area contributed by atoms with Gasteiger partial charge in [0.1, 0.15) is 5.69 Å². The van der Waals surface area contributed by atoms with E-state index >= 15 is 0 Å². The van der Waals surface area contributed by atoms with Crippen LogP contribution in [0.3, 0.4) is 0 Å². The number of aromatic nitrogens is 2. The van der Waals surface area contributed by atoms with Crippen LogP contribution in [-0.4, -0.2) is 28.2 Å². The number of nitrogens with one attached hydrogen (secondary N) is 1. The van der Waals surface area contributed by atoms with Crippen molar-refractivity contribution in [3.8, 4) is 5.69 Å². The number of carbonyl (C=O) groups is 1. The van der Waals surface area contributed by atoms with Crippen LogP contribution < -0.4 is 16.0 Å². The van der Waals surface area contributed by atoms with E-state index in [-0.39, 0.29) is 20.7 Å². The van der Waals surface area contributed by atoms with E-state index in [1.165, 1.54) is 6.92 Å². The van der Waals surface area contributed by atoms with E-state index < -0.39 is 55.0 Å². The minimum absolute atomic E-state index is 0.199. The van der Waals surface area contributed by atoms with Gasteiger partial charge in [-0.25, -0.2) is 22.5 Å². The molecule has 1 amide bonds. The summed E-state index contributed by atoms with van der Waals surface area (Å²) in [6.45, 7) is 1.45. The number of carbonyl (C=O) groups excluding carboxylic acids is 1. The molecule has 0 aliphatic heterocycles. The molecule has 1 aromatic carbocycles. The lowest BCUT2D eigenvalue weighted by Gasteiger charge is -2.16. The predicted octanol–water partition coefficient (Wildman–Crippen LogP) is 2.47. The van der Waals surface area contributed by atoms with E-state index in [2.05, 4.69) is 0 Å². The normalized spacial score (nSPS) is 15.6. The minimum Gasteiger partial charge on any atom is -0.292 e. The van der Waals surface area contributed by atoms with Crippen LogP contribution in [0.15, 0.2) is 27.8 Å². The number of benzene rings is 1. The predicted molar refractivity (Wildman–Crippen MR) is 106 cm³/mol. The van der Waals surface area contributed by atoms with Gasteiger partial charge in [0.05, 0.1) is 26.0 Å². The van der Waals surface area contributed by atoms with Crippen LogP contribution in [0, 0.1) is 0 Å². The fourth-order valence-corrected chi connectivity index (χ4v) is 4.54. The molecule has 8 nitrogen and oxygen atoms in total. The van der Waals surface area contributed by atoms with Crippen molar-refractivity contribution in [1.82, 2.24) is 13.9 Å². The number of halogens is 5. The molecule has 0 unspecified atom stereocenters. The number of hydrogen-bond acceptors (Lipinski definition) is 5. The Labute approximate surface area is 183 Å². The molecule has 1 fully saturated rings. The number of nitrogens with zero attached hydrogens (tertiary/aromatic N) is 2. The maximum Gasteiger partial charge on any atom is 0.431 e. The third-order valence-corrected chi connectivity index (χ3v) is 7.74. The summed E-state index contributed by atoms with van der Waals surface area (Å²) in [5, 5.41) is -0.614. The molecule has 3 rings (SSSR count). The highest BCUT2D eigenvalue weighted by Gasteiger charge is 2.51. The Bertz CT molecular complexity index is 1330. The SMILES string of the molecule is Cn1c(C(F)(F)F)cc(=O)n(-c2cc(C(=O)NS(=O)(=O)C3(C)CC3)c(Cl)cc2Cl)c1=O. The first kappa shape index (κ1) is 23.4. The molecule has 0 saturated heterocycles. The molecular formula is C17H14Cl2F3N3O5S. The van der Waals surface area contributed by atoms with Gasteiger partial charge in [0.2, 0.25) is 10.0 Å². The first-order chi connectivity index (χ1) is 14.1. The summed E-state index contributed by atoms with van der Waals surface area (Å²) in [7, 11) is -3.23. The third-order valence-electron chi connectivity index (χ3n) is 4.96. The number of alkyl halides is 3. The van der Waals surface area contributed by atoms with Crippen LogP contribution in [0.2, 0.25) is 10.0 Å². The summed E-state index contributed by atoms with van der Waals surface area (Å²) in [4.78, 5) is 37.3. The highest BCUT2D eigenvalue weighted by Crippen LogP contribution is 2.42. The number of hydrogen-bond donors (Lipinski definition) is 1. The van der Waals surface area contributed by atoms with Crippen molar-refractivity contribution in [3.63, 3.8) is 0 Å². The topological polar surface area (TPSA) is 107 Å². The average molecular weight is 500 g/mol. The molecule has 1 aliphatic carbocycles. The van der Waals surface area contributed by atoms with Gasteiger partial charge >= 0.3 is 11.9 Å². The van der Waals surface area contributed by atoms with Crippen molar-refractivity contribution >= 4 is 39.1 Å². The highest BCUT2D eigenvalue weighted by atomic mass is 35.5. The average Bonchev–Trinajstić information content (AvgIpc) is 3.38. The van der Waals surface area contributed by atoms with Crippen molar-refractivity contribution < 1.29 is 26.4 Å². The molecule has 1 saturated carbocycles. The zero-order valence-electron chi connectivity index (χ0n) is 15.9. The molecule has 0 atom stereocenters. The van der Waals surface area contributed by atoms with E-state index in [1.807, 2.05) is 4.72 Å². The first-order valence-electron chi connectivity index (χ1n) is 8.55. The monoisotopic (exact) mass is 499 g/mol. The number of rotatable bonds is 4. The van der Waals surface area contributed by atoms with Gasteiger partial charge in [-0.15, -0.1) is 0 Å². The third kappa shape index (κ3) is 4.11. The molecule has 1 N–H and O–H groups in total. The fourth-order valence-electron chi connectivity index (χ4n) is 2.75. The van der Waals surface area contributed by atoms with Crippen LogP contribution in [-0.2, 0) is 23.2 Å². The standard InChI is InChI=1S/C17H14Cl2F3N3O5S/c1-16(3-4-16)31(29,30)23-14(27)8-5-11(10(19)6-9(8)18)25-13(26)7-12(17(20,21)22)24(2)15(25)28/h5-7H,3-4H2,1-2H3,(H,23,27). The van der Waals surface area contributed by atoms with Crippen molar-refractivity contribution in [2.24, 2.45) is 7.05 Å². The van der Waals surface area contributed by atoms with Crippen LogP contribution in [0.5, 0.6) is 0 Å². The molecule has 0 radical (unpaired) electrons. The largest absolute Gasteiger partial charge is 0.431 e. The van der Waals surface area contributed by atoms with Gasteiger partial charge in [-0.05, 0) is 31.9 Å². The molecule has 168 valence electrons. The Morgan fingerprint density at radius 2 is 1.71 bits per heavy atom. The van der Waals surface area contributed by atoms with E-state index in [9.17, 15) is 36.0 Å². The minimum atomic E-state index is -4.96. The molecule has 1 aromatic heterocycles. The second kappa shape index (κ2) is 7.38. The summed E-state index contributed by atoms with van der Waals surface area (Å²) < 4.78 is 65.0. The van der Waals surface area contributed by atoms with Crippen molar-refractivity contribution in [2.75, 3.05) is 0 Å². The summed E-state index contributed by atoms with van der Waals surface area (Å²) in [6.07, 6.45) is -4.26. The lowest BCUT2D eigenvalue weighted by atomic mass is 10.2. The highest BCUT2D eigenvalue weighted by molar-refractivity contribution is 7.91. The number of sulfonamides is 1. The zero-order chi connectivity index (χ0) is 23.5. The fraction of sp³-hybridized carbons (Fsp3) is 0.353. The smallest absolute Gasteiger partial charge is 0.292 e. The lowest BCUT2D eigenvalue weighted by Crippen LogP contribution is -2.41. The Hall–Kier alpha value is -2.31. The maximum absolute atomic E-state index is 13.0. The Morgan fingerprint density at radius 3 is 2.23 bits per heavy atom. The van der Waals surface area contributed by atoms with E-state index in [1.54, 1.807) is 0 Å². The molecule has 14 heteroatoms. The Morgan fingerprint density at radius 1 is 1.13 bits per heavy atom. The van der Waals surface area contributed by atoms with E-state index in [4.69, 9.17) is 23.2 Å². The van der Waals surface area contributed by atoms with Crippen LogP contribution >= 0.6 is 23.2 Å². The summed E-state index contributed by atoms with van der Waals surface area (Å²) >= 11 is 12.0. The van der Waals surface area contributed by atoms with E-state index in [0.717, 1.165) is 19.2 Å². The van der Waals surface area contributed by atoms with Crippen molar-refractivity contribution in [3.05, 3.63) is 60.3 Å². The Balaban J connectivity index is 2.15. The Kier molecular flexibility index (Phi) is 5.56. The van der Waals surface area contributed by atoms with Gasteiger partial charge < -0.3 is 0 Å². The van der Waals surface area contributed by atoms with Gasteiger partial charge in [-0.1, -0.05) is 23.2 Å². The van der Waals surface area contributed by atoms with Gasteiger partial charge in [-0.2, -0.15) is 13.2 Å². The second-order valence-corrected chi connectivity index (χ2v) is 10.2. The first-order valence-corrected chi connectivity index (χ1v) is 10.8. The van der Waals surface area contributed by atoms with Crippen LogP contribution in [0.1, 0.15) is 35.8 Å². The molecule has 0 spiro atoms. The van der Waals surface area contributed by atoms with Crippen LogP contribution in [0.4, 0.5) is 13.2 Å². The lowest BCUT2D eigenvalue weighted by molar-refractivity contribution is -0.144. The molecule has 0 bridgehead atoms. The van der Waals surface area contributed by atoms with Gasteiger partial charge in [0, 0.05) is 13.1 Å². The number of amides is 1. The maximum atomic E-state index is 13.0. The van der Waals surface area contributed by atoms with Gasteiger partial charge in [-0.3, -0.25) is 14.2 Å². The van der Waals surface area contributed by atoms with Crippen molar-refractivity contribution in [2.45, 2.75) is 30.7 Å². The molecule has 1 aliphatic rings. The summed E-state index contributed by atoms with van der Waals surface area (Å²) in [5.74, 6) is -1.15. The zero-order valence-corrected chi connectivity index (χ0v) is 18.2. The molecule has 2 aromatic rings. The molecular weight excluding hydrogens is 486 g/mol. The van der Waals surface area contributed by atoms with E-state index in [0.29, 0.717) is 17.4 Å². The van der Waals surface area contributed by atoms with Gasteiger partial charge in [0.25, 0.3) is 11.5 Å². The quantitative estimate of drug-likeness (QED) is 0.695.